The second kappa shape index (κ2) is 8.36. The summed E-state index contributed by atoms with van der Waals surface area (Å²) in [5.41, 5.74) is 7.66. The van der Waals surface area contributed by atoms with Gasteiger partial charge in [-0.05, 0) is 31.7 Å². The van der Waals surface area contributed by atoms with Crippen LogP contribution < -0.4 is 5.73 Å². The van der Waals surface area contributed by atoms with Crippen LogP contribution in [0.3, 0.4) is 0 Å². The molecule has 0 radical (unpaired) electrons. The number of amides is 3. The van der Waals surface area contributed by atoms with E-state index < -0.39 is 6.03 Å². The van der Waals surface area contributed by atoms with Crippen LogP contribution in [0.25, 0.3) is 0 Å². The van der Waals surface area contributed by atoms with E-state index in [1.54, 1.807) is 15.9 Å². The molecular weight excluding hydrogens is 290 g/mol. The number of hydrogen-bond donors (Lipinski definition) is 1. The first-order chi connectivity index (χ1) is 11.1. The molecule has 1 aliphatic heterocycles. The minimum Gasteiger partial charge on any atom is -0.351 e. The molecule has 1 aromatic carbocycles. The topological polar surface area (TPSA) is 66.6 Å². The summed E-state index contributed by atoms with van der Waals surface area (Å²) in [5, 5.41) is 0. The molecule has 0 spiro atoms. The van der Waals surface area contributed by atoms with Crippen molar-refractivity contribution < 1.29 is 9.59 Å². The number of benzene rings is 1. The lowest BCUT2D eigenvalue weighted by Gasteiger charge is -2.20. The minimum atomic E-state index is -0.408. The van der Waals surface area contributed by atoms with Gasteiger partial charge in [0, 0.05) is 32.3 Å². The maximum atomic E-state index is 12.4. The van der Waals surface area contributed by atoms with Gasteiger partial charge in [-0.2, -0.15) is 0 Å². The summed E-state index contributed by atoms with van der Waals surface area (Å²) in [4.78, 5) is 27.0. The summed E-state index contributed by atoms with van der Waals surface area (Å²) in [7, 11) is 0. The minimum absolute atomic E-state index is 0.0295. The van der Waals surface area contributed by atoms with Gasteiger partial charge >= 0.3 is 6.03 Å². The molecule has 1 saturated heterocycles. The maximum Gasteiger partial charge on any atom is 0.314 e. The molecule has 2 rings (SSSR count). The van der Waals surface area contributed by atoms with E-state index >= 15 is 0 Å². The van der Waals surface area contributed by atoms with Crippen molar-refractivity contribution in [2.45, 2.75) is 26.2 Å². The molecule has 23 heavy (non-hydrogen) atoms. The van der Waals surface area contributed by atoms with Crippen LogP contribution in [0.4, 0.5) is 4.79 Å². The Morgan fingerprint density at radius 3 is 2.43 bits per heavy atom. The summed E-state index contributed by atoms with van der Waals surface area (Å²) in [6.07, 6.45) is 4.30. The smallest absolute Gasteiger partial charge is 0.314 e. The van der Waals surface area contributed by atoms with Gasteiger partial charge in [0.15, 0.2) is 0 Å². The Morgan fingerprint density at radius 1 is 1.09 bits per heavy atom. The summed E-state index contributed by atoms with van der Waals surface area (Å²) in [6, 6.07) is 9.85. The zero-order chi connectivity index (χ0) is 16.7. The van der Waals surface area contributed by atoms with Crippen molar-refractivity contribution in [3.63, 3.8) is 0 Å². The average Bonchev–Trinajstić information content (AvgIpc) is 2.80. The average molecular weight is 315 g/mol. The van der Waals surface area contributed by atoms with Crippen molar-refractivity contribution in [1.29, 1.82) is 0 Å². The number of nitrogens with two attached hydrogens (primary N) is 1. The third-order valence-corrected chi connectivity index (χ3v) is 4.14. The van der Waals surface area contributed by atoms with Gasteiger partial charge in [0.2, 0.25) is 5.91 Å². The van der Waals surface area contributed by atoms with Gasteiger partial charge in [0.25, 0.3) is 0 Å². The molecule has 0 aliphatic carbocycles. The van der Waals surface area contributed by atoms with E-state index in [1.807, 2.05) is 25.1 Å². The number of primary amides is 1. The van der Waals surface area contributed by atoms with Crippen LogP contribution in [0.5, 0.6) is 0 Å². The zero-order valence-corrected chi connectivity index (χ0v) is 13.7. The second-order valence-corrected chi connectivity index (χ2v) is 5.98. The molecule has 0 aromatic heterocycles. The number of rotatable bonds is 4. The highest BCUT2D eigenvalue weighted by Gasteiger charge is 2.19. The van der Waals surface area contributed by atoms with Crippen molar-refractivity contribution in [2.75, 3.05) is 26.2 Å². The number of allylic oxidation sites excluding steroid dienone is 1. The Morgan fingerprint density at radius 2 is 1.74 bits per heavy atom. The predicted molar refractivity (Wildman–Crippen MR) is 90.9 cm³/mol. The molecule has 1 aromatic rings. The lowest BCUT2D eigenvalue weighted by atomic mass is 10.1. The first-order valence-electron chi connectivity index (χ1n) is 8.10. The van der Waals surface area contributed by atoms with E-state index in [-0.39, 0.29) is 5.91 Å². The van der Waals surface area contributed by atoms with Gasteiger partial charge in [-0.1, -0.05) is 35.9 Å². The maximum absolute atomic E-state index is 12.4. The largest absolute Gasteiger partial charge is 0.351 e. The van der Waals surface area contributed by atoms with Crippen molar-refractivity contribution in [3.8, 4) is 0 Å². The first-order valence-corrected chi connectivity index (χ1v) is 8.10. The summed E-state index contributed by atoms with van der Waals surface area (Å²) >= 11 is 0. The molecule has 2 N–H and O–H groups in total. The van der Waals surface area contributed by atoms with Crippen LogP contribution in [0.2, 0.25) is 0 Å². The third kappa shape index (κ3) is 5.43. The molecule has 3 amide bonds. The number of hydrogen-bond acceptors (Lipinski definition) is 2. The van der Waals surface area contributed by atoms with E-state index in [0.717, 1.165) is 24.8 Å². The molecule has 5 nitrogen and oxygen atoms in total. The van der Waals surface area contributed by atoms with E-state index in [0.29, 0.717) is 26.2 Å². The fourth-order valence-corrected chi connectivity index (χ4v) is 2.72. The van der Waals surface area contributed by atoms with E-state index in [2.05, 4.69) is 12.1 Å². The number of aryl methyl sites for hydroxylation is 1. The number of carbonyl (C=O) groups is 2. The SMILES string of the molecule is C/C(=C/C(=O)N1CCCN(C(N)=O)CC1)CCc1ccccc1. The van der Waals surface area contributed by atoms with Gasteiger partial charge < -0.3 is 15.5 Å². The van der Waals surface area contributed by atoms with Gasteiger partial charge in [0.05, 0.1) is 0 Å². The van der Waals surface area contributed by atoms with Gasteiger partial charge in [-0.15, -0.1) is 0 Å². The molecule has 1 heterocycles. The van der Waals surface area contributed by atoms with Gasteiger partial charge in [0.1, 0.15) is 0 Å². The first kappa shape index (κ1) is 17.1. The van der Waals surface area contributed by atoms with Crippen molar-refractivity contribution in [3.05, 3.63) is 47.5 Å². The summed E-state index contributed by atoms with van der Waals surface area (Å²) in [5.74, 6) is 0.0295. The molecular formula is C18H25N3O2. The standard InChI is InChI=1S/C18H25N3O2/c1-15(8-9-16-6-3-2-4-7-16)14-17(22)20-10-5-11-21(13-12-20)18(19)23/h2-4,6-7,14H,5,8-13H2,1H3,(H2,19,23)/b15-14-. The van der Waals surface area contributed by atoms with Crippen molar-refractivity contribution in [1.82, 2.24) is 9.80 Å². The monoisotopic (exact) mass is 315 g/mol. The molecule has 124 valence electrons. The highest BCUT2D eigenvalue weighted by molar-refractivity contribution is 5.88. The highest BCUT2D eigenvalue weighted by atomic mass is 16.2. The molecule has 1 aliphatic rings. The fraction of sp³-hybridized carbons (Fsp3) is 0.444. The third-order valence-electron chi connectivity index (χ3n) is 4.14. The van der Waals surface area contributed by atoms with Crippen molar-refractivity contribution >= 4 is 11.9 Å². The van der Waals surface area contributed by atoms with Crippen LogP contribution in [-0.4, -0.2) is 47.9 Å². The number of nitrogens with zero attached hydrogens (tertiary/aromatic N) is 2. The zero-order valence-electron chi connectivity index (χ0n) is 13.7. The molecule has 1 fully saturated rings. The van der Waals surface area contributed by atoms with Gasteiger partial charge in [-0.3, -0.25) is 4.79 Å². The van der Waals surface area contributed by atoms with E-state index in [1.165, 1.54) is 5.56 Å². The van der Waals surface area contributed by atoms with E-state index in [9.17, 15) is 9.59 Å². The molecule has 0 bridgehead atoms. The Hall–Kier alpha value is -2.30. The van der Waals surface area contributed by atoms with Crippen molar-refractivity contribution in [2.24, 2.45) is 5.73 Å². The predicted octanol–water partition coefficient (Wildman–Crippen LogP) is 2.18. The van der Waals surface area contributed by atoms with Gasteiger partial charge in [-0.25, -0.2) is 4.79 Å². The summed E-state index contributed by atoms with van der Waals surface area (Å²) in [6.45, 7) is 4.34. The van der Waals surface area contributed by atoms with Crippen LogP contribution in [0, 0.1) is 0 Å². The normalized spacial score (nSPS) is 16.1. The fourth-order valence-electron chi connectivity index (χ4n) is 2.72. The number of urea groups is 1. The summed E-state index contributed by atoms with van der Waals surface area (Å²) < 4.78 is 0. The second-order valence-electron chi connectivity index (χ2n) is 5.98. The molecule has 0 saturated carbocycles. The van der Waals surface area contributed by atoms with Crippen LogP contribution in [0.1, 0.15) is 25.3 Å². The highest BCUT2D eigenvalue weighted by Crippen LogP contribution is 2.10. The molecule has 0 unspecified atom stereocenters. The van der Waals surface area contributed by atoms with Crippen LogP contribution in [0.15, 0.2) is 42.0 Å². The lowest BCUT2D eigenvalue weighted by molar-refractivity contribution is -0.125. The Labute approximate surface area is 137 Å². The van der Waals surface area contributed by atoms with Crippen LogP contribution >= 0.6 is 0 Å². The number of carbonyl (C=O) groups excluding carboxylic acids is 2. The molecule has 0 atom stereocenters. The quantitative estimate of drug-likeness (QED) is 0.865. The Bertz CT molecular complexity index is 569. The Kier molecular flexibility index (Phi) is 6.20. The van der Waals surface area contributed by atoms with Crippen LogP contribution in [-0.2, 0) is 11.2 Å². The van der Waals surface area contributed by atoms with E-state index in [4.69, 9.17) is 5.73 Å². The lowest BCUT2D eigenvalue weighted by Crippen LogP contribution is -2.39. The Balaban J connectivity index is 1.85. The molecule has 5 heteroatoms.